The molecule has 1 fully saturated rings. The van der Waals surface area contributed by atoms with Gasteiger partial charge in [-0.3, -0.25) is 0 Å². The summed E-state index contributed by atoms with van der Waals surface area (Å²) in [6.45, 7) is 0.0491. The van der Waals surface area contributed by atoms with Crippen molar-refractivity contribution in [2.75, 3.05) is 13.2 Å². The van der Waals surface area contributed by atoms with Crippen molar-refractivity contribution in [3.63, 3.8) is 0 Å². The van der Waals surface area contributed by atoms with Crippen LogP contribution in [0.2, 0.25) is 0 Å². The van der Waals surface area contributed by atoms with Gasteiger partial charge in [0.15, 0.2) is 17.5 Å². The van der Waals surface area contributed by atoms with E-state index in [0.29, 0.717) is 0 Å². The van der Waals surface area contributed by atoms with Crippen molar-refractivity contribution in [3.8, 4) is 11.3 Å². The Balaban J connectivity index is 1.94. The van der Waals surface area contributed by atoms with E-state index in [9.17, 15) is 23.4 Å². The van der Waals surface area contributed by atoms with Crippen LogP contribution in [-0.4, -0.2) is 50.6 Å². The van der Waals surface area contributed by atoms with Crippen LogP contribution < -0.4 is 0 Å². The number of hydrogen-bond acceptors (Lipinski definition) is 5. The van der Waals surface area contributed by atoms with E-state index in [2.05, 4.69) is 10.3 Å². The van der Waals surface area contributed by atoms with Gasteiger partial charge in [-0.2, -0.15) is 0 Å². The van der Waals surface area contributed by atoms with Gasteiger partial charge in [0.2, 0.25) is 0 Å². The van der Waals surface area contributed by atoms with E-state index in [1.807, 2.05) is 0 Å². The Morgan fingerprint density at radius 3 is 2.27 bits per heavy atom. The summed E-state index contributed by atoms with van der Waals surface area (Å²) in [6, 6.07) is 0.804. The molecule has 22 heavy (non-hydrogen) atoms. The molecule has 0 radical (unpaired) electrons. The number of hydrogen-bond donors (Lipinski definition) is 2. The van der Waals surface area contributed by atoms with E-state index >= 15 is 0 Å². The Morgan fingerprint density at radius 1 is 1.09 bits per heavy atom. The lowest BCUT2D eigenvalue weighted by Gasteiger charge is -2.31. The van der Waals surface area contributed by atoms with Crippen molar-refractivity contribution in [1.82, 2.24) is 15.0 Å². The highest BCUT2D eigenvalue weighted by Crippen LogP contribution is 2.25. The first-order valence-electron chi connectivity index (χ1n) is 6.48. The van der Waals surface area contributed by atoms with Crippen molar-refractivity contribution in [2.45, 2.75) is 18.2 Å². The first kappa shape index (κ1) is 14.9. The molecule has 0 spiro atoms. The first-order valence-corrected chi connectivity index (χ1v) is 6.48. The molecule has 3 rings (SSSR count). The van der Waals surface area contributed by atoms with E-state index < -0.39 is 35.7 Å². The number of aliphatic hydroxyl groups excluding tert-OH is 2. The Morgan fingerprint density at radius 2 is 1.68 bits per heavy atom. The van der Waals surface area contributed by atoms with Crippen LogP contribution in [0.5, 0.6) is 0 Å². The molecule has 0 saturated carbocycles. The van der Waals surface area contributed by atoms with Gasteiger partial charge in [-0.15, -0.1) is 5.10 Å². The minimum Gasteiger partial charge on any atom is -0.388 e. The van der Waals surface area contributed by atoms with Gasteiger partial charge in [0.25, 0.3) is 0 Å². The number of nitrogens with zero attached hydrogens (tertiary/aromatic N) is 3. The normalized spacial score (nSPS) is 25.4. The Hall–Kier alpha value is -1.97. The smallest absolute Gasteiger partial charge is 0.194 e. The monoisotopic (exact) mass is 315 g/mol. The van der Waals surface area contributed by atoms with Crippen molar-refractivity contribution < 1.29 is 28.1 Å². The molecule has 1 aromatic heterocycles. The standard InChI is InChI=1S/C13H12F3N3O3/c14-7-1-6(2-8(15)12(7)16)9-3-19(18-17-9)13-10(20)4-22-5-11(13)21/h1-3,10-11,13,20-21H,4-5H2. The van der Waals surface area contributed by atoms with Gasteiger partial charge in [-0.25, -0.2) is 17.9 Å². The van der Waals surface area contributed by atoms with E-state index in [-0.39, 0.29) is 24.5 Å². The summed E-state index contributed by atoms with van der Waals surface area (Å²) in [5, 5.41) is 27.2. The van der Waals surface area contributed by atoms with Crippen molar-refractivity contribution in [2.24, 2.45) is 0 Å². The summed E-state index contributed by atoms with van der Waals surface area (Å²) in [4.78, 5) is 0. The maximum Gasteiger partial charge on any atom is 0.194 e. The van der Waals surface area contributed by atoms with Gasteiger partial charge in [-0.05, 0) is 12.1 Å². The molecular formula is C13H12F3N3O3. The van der Waals surface area contributed by atoms with Crippen LogP contribution in [0.1, 0.15) is 6.04 Å². The van der Waals surface area contributed by atoms with Crippen LogP contribution >= 0.6 is 0 Å². The molecule has 6 nitrogen and oxygen atoms in total. The molecule has 1 saturated heterocycles. The molecule has 2 unspecified atom stereocenters. The summed E-state index contributed by atoms with van der Waals surface area (Å²) in [5.41, 5.74) is 0.0855. The third-order valence-electron chi connectivity index (χ3n) is 3.46. The van der Waals surface area contributed by atoms with Crippen LogP contribution in [0.15, 0.2) is 18.3 Å². The van der Waals surface area contributed by atoms with E-state index in [4.69, 9.17) is 4.74 Å². The lowest BCUT2D eigenvalue weighted by Crippen LogP contribution is -2.44. The molecule has 0 aliphatic carbocycles. The van der Waals surface area contributed by atoms with Crippen LogP contribution in [0.3, 0.4) is 0 Å². The van der Waals surface area contributed by atoms with Crippen LogP contribution in [0, 0.1) is 17.5 Å². The quantitative estimate of drug-likeness (QED) is 0.796. The fourth-order valence-corrected chi connectivity index (χ4v) is 2.37. The summed E-state index contributed by atoms with van der Waals surface area (Å²) in [6.07, 6.45) is -0.686. The third kappa shape index (κ3) is 2.58. The maximum absolute atomic E-state index is 13.2. The van der Waals surface area contributed by atoms with E-state index in [1.165, 1.54) is 10.9 Å². The maximum atomic E-state index is 13.2. The van der Waals surface area contributed by atoms with E-state index in [0.717, 1.165) is 12.1 Å². The molecule has 0 bridgehead atoms. The first-order chi connectivity index (χ1) is 10.5. The molecule has 2 N–H and O–H groups in total. The molecule has 2 aromatic rings. The SMILES string of the molecule is OC1COCC(O)C1n1cc(-c2cc(F)c(F)c(F)c2)nn1. The molecule has 1 aromatic carbocycles. The predicted octanol–water partition coefficient (Wildman–Crippen LogP) is 0.655. The number of rotatable bonds is 2. The van der Waals surface area contributed by atoms with Gasteiger partial charge < -0.3 is 14.9 Å². The number of aromatic nitrogens is 3. The largest absolute Gasteiger partial charge is 0.388 e. The highest BCUT2D eigenvalue weighted by molar-refractivity contribution is 5.57. The molecule has 1 aliphatic heterocycles. The Kier molecular flexibility index (Phi) is 3.85. The zero-order valence-corrected chi connectivity index (χ0v) is 11.2. The molecule has 2 heterocycles. The zero-order valence-electron chi connectivity index (χ0n) is 11.2. The Labute approximate surface area is 122 Å². The van der Waals surface area contributed by atoms with Gasteiger partial charge in [0.05, 0.1) is 19.4 Å². The minimum absolute atomic E-state index is 0.00121. The highest BCUT2D eigenvalue weighted by Gasteiger charge is 2.34. The number of ether oxygens (including phenoxy) is 1. The van der Waals surface area contributed by atoms with Crippen molar-refractivity contribution in [3.05, 3.63) is 35.8 Å². The number of benzene rings is 1. The lowest BCUT2D eigenvalue weighted by molar-refractivity contribution is -0.111. The zero-order chi connectivity index (χ0) is 15.9. The topological polar surface area (TPSA) is 80.4 Å². The van der Waals surface area contributed by atoms with Gasteiger partial charge in [0, 0.05) is 5.56 Å². The average Bonchev–Trinajstić information content (AvgIpc) is 2.93. The van der Waals surface area contributed by atoms with Crippen molar-refractivity contribution >= 4 is 0 Å². The van der Waals surface area contributed by atoms with Crippen LogP contribution in [-0.2, 0) is 4.74 Å². The fraction of sp³-hybridized carbons (Fsp3) is 0.385. The van der Waals surface area contributed by atoms with Gasteiger partial charge >= 0.3 is 0 Å². The second-order valence-electron chi connectivity index (χ2n) is 5.00. The number of aliphatic hydroxyl groups is 2. The van der Waals surface area contributed by atoms with Gasteiger partial charge in [-0.1, -0.05) is 5.21 Å². The minimum atomic E-state index is -1.56. The molecule has 9 heteroatoms. The highest BCUT2D eigenvalue weighted by atomic mass is 19.2. The second-order valence-corrected chi connectivity index (χ2v) is 5.00. The van der Waals surface area contributed by atoms with Crippen molar-refractivity contribution in [1.29, 1.82) is 0 Å². The molecular weight excluding hydrogens is 303 g/mol. The third-order valence-corrected chi connectivity index (χ3v) is 3.46. The summed E-state index contributed by atoms with van der Waals surface area (Å²) < 4.78 is 45.6. The number of halogens is 3. The molecule has 118 valence electrons. The molecule has 2 atom stereocenters. The summed E-state index contributed by atoms with van der Waals surface area (Å²) >= 11 is 0. The summed E-state index contributed by atoms with van der Waals surface area (Å²) in [5.74, 6) is -4.24. The second kappa shape index (κ2) is 5.67. The Bertz CT molecular complexity index is 661. The summed E-state index contributed by atoms with van der Waals surface area (Å²) in [7, 11) is 0. The van der Waals surface area contributed by atoms with Gasteiger partial charge in [0.1, 0.15) is 23.9 Å². The average molecular weight is 315 g/mol. The molecule has 0 amide bonds. The lowest BCUT2D eigenvalue weighted by atomic mass is 10.0. The fourth-order valence-electron chi connectivity index (χ4n) is 2.37. The van der Waals surface area contributed by atoms with Crippen LogP contribution in [0.25, 0.3) is 11.3 Å². The van der Waals surface area contributed by atoms with Crippen LogP contribution in [0.4, 0.5) is 13.2 Å². The molecule has 1 aliphatic rings. The van der Waals surface area contributed by atoms with E-state index in [1.54, 1.807) is 0 Å². The predicted molar refractivity (Wildman–Crippen MR) is 67.2 cm³/mol.